The Hall–Kier alpha value is -3.18. The normalized spacial score (nSPS) is 14.7. The third-order valence-electron chi connectivity index (χ3n) is 3.75. The number of thioether (sulfide) groups is 1. The third kappa shape index (κ3) is 4.71. The minimum Gasteiger partial charge on any atom is -0.485 e. The van der Waals surface area contributed by atoms with Gasteiger partial charge in [0, 0.05) is 10.6 Å². The molecule has 0 aromatic heterocycles. The topological polar surface area (TPSA) is 97.7 Å². The van der Waals surface area contributed by atoms with Gasteiger partial charge in [-0.15, -0.1) is 0 Å². The summed E-state index contributed by atoms with van der Waals surface area (Å²) in [4.78, 5) is 24.9. The number of rotatable bonds is 5. The number of carbonyl (C=O) groups excluding carboxylic acids is 2. The standard InChI is InChI=1S/C19H16N2O5S/c1-12-8-13(27-11-20)6-7-14(12)21-18(22)10-25-19(23)17-9-24-15-4-2-3-5-16(15)26-17/h2-8,17H,9-10H2,1H3,(H,21,22)/t17-/m0/s1. The summed E-state index contributed by atoms with van der Waals surface area (Å²) in [5.74, 6) is -0.115. The number of nitrogens with one attached hydrogen (secondary N) is 1. The monoisotopic (exact) mass is 384 g/mol. The van der Waals surface area contributed by atoms with Gasteiger partial charge >= 0.3 is 5.97 Å². The predicted molar refractivity (Wildman–Crippen MR) is 98.6 cm³/mol. The molecular formula is C19H16N2O5S. The van der Waals surface area contributed by atoms with Gasteiger partial charge in [-0.3, -0.25) is 4.79 Å². The molecule has 1 aliphatic rings. The van der Waals surface area contributed by atoms with Crippen molar-refractivity contribution < 1.29 is 23.8 Å². The number of hydrogen-bond donors (Lipinski definition) is 1. The zero-order chi connectivity index (χ0) is 19.2. The van der Waals surface area contributed by atoms with Crippen LogP contribution in [0.15, 0.2) is 47.4 Å². The van der Waals surface area contributed by atoms with E-state index in [1.165, 1.54) is 0 Å². The zero-order valence-corrected chi connectivity index (χ0v) is 15.2. The molecule has 0 unspecified atom stereocenters. The van der Waals surface area contributed by atoms with Crippen LogP contribution < -0.4 is 14.8 Å². The number of nitrogens with zero attached hydrogens (tertiary/aromatic N) is 1. The number of anilines is 1. The van der Waals surface area contributed by atoms with Crippen molar-refractivity contribution >= 4 is 29.3 Å². The number of fused-ring (bicyclic) bond motifs is 1. The van der Waals surface area contributed by atoms with Crippen molar-refractivity contribution in [3.63, 3.8) is 0 Å². The number of carbonyl (C=O) groups is 2. The zero-order valence-electron chi connectivity index (χ0n) is 14.4. The molecule has 0 aliphatic carbocycles. The lowest BCUT2D eigenvalue weighted by molar-refractivity contribution is -0.156. The lowest BCUT2D eigenvalue weighted by Crippen LogP contribution is -2.39. The van der Waals surface area contributed by atoms with Crippen molar-refractivity contribution in [1.29, 1.82) is 5.26 Å². The number of hydrogen-bond acceptors (Lipinski definition) is 7. The number of esters is 1. The van der Waals surface area contributed by atoms with Crippen molar-refractivity contribution in [3.05, 3.63) is 48.0 Å². The van der Waals surface area contributed by atoms with Gasteiger partial charge in [0.2, 0.25) is 6.10 Å². The number of benzene rings is 2. The molecule has 0 fully saturated rings. The van der Waals surface area contributed by atoms with E-state index in [2.05, 4.69) is 5.32 Å². The summed E-state index contributed by atoms with van der Waals surface area (Å²) >= 11 is 1.04. The van der Waals surface area contributed by atoms with E-state index in [9.17, 15) is 9.59 Å². The lowest BCUT2D eigenvalue weighted by Gasteiger charge is -2.24. The van der Waals surface area contributed by atoms with Crippen LogP contribution in [0.2, 0.25) is 0 Å². The van der Waals surface area contributed by atoms with Crippen LogP contribution in [0.25, 0.3) is 0 Å². The highest BCUT2D eigenvalue weighted by Gasteiger charge is 2.29. The first-order valence-electron chi connectivity index (χ1n) is 8.08. The van der Waals surface area contributed by atoms with E-state index < -0.39 is 24.6 Å². The highest BCUT2D eigenvalue weighted by Crippen LogP contribution is 2.31. The quantitative estimate of drug-likeness (QED) is 0.481. The summed E-state index contributed by atoms with van der Waals surface area (Å²) in [6.45, 7) is 1.40. The number of aryl methyl sites for hydroxylation is 1. The highest BCUT2D eigenvalue weighted by atomic mass is 32.2. The molecule has 0 spiro atoms. The lowest BCUT2D eigenvalue weighted by atomic mass is 10.2. The SMILES string of the molecule is Cc1cc(SC#N)ccc1NC(=O)COC(=O)[C@@H]1COc2ccccc2O1. The number of nitriles is 1. The van der Waals surface area contributed by atoms with Crippen LogP contribution >= 0.6 is 11.8 Å². The summed E-state index contributed by atoms with van der Waals surface area (Å²) in [6.07, 6.45) is -0.920. The van der Waals surface area contributed by atoms with Gasteiger partial charge in [-0.05, 0) is 54.6 Å². The number of amides is 1. The fourth-order valence-electron chi connectivity index (χ4n) is 2.44. The van der Waals surface area contributed by atoms with E-state index in [0.717, 1.165) is 22.2 Å². The molecule has 0 saturated carbocycles. The molecule has 1 heterocycles. The van der Waals surface area contributed by atoms with Gasteiger partial charge in [0.05, 0.1) is 0 Å². The molecule has 1 N–H and O–H groups in total. The molecule has 7 nitrogen and oxygen atoms in total. The summed E-state index contributed by atoms with van der Waals surface area (Å²) < 4.78 is 16.0. The predicted octanol–water partition coefficient (Wildman–Crippen LogP) is 2.89. The average Bonchev–Trinajstić information content (AvgIpc) is 2.68. The third-order valence-corrected chi connectivity index (χ3v) is 4.33. The van der Waals surface area contributed by atoms with Crippen molar-refractivity contribution in [2.45, 2.75) is 17.9 Å². The smallest absolute Gasteiger partial charge is 0.351 e. The van der Waals surface area contributed by atoms with Crippen LogP contribution in [0.4, 0.5) is 5.69 Å². The fourth-order valence-corrected chi connectivity index (χ4v) is 2.92. The Balaban J connectivity index is 1.51. The van der Waals surface area contributed by atoms with Crippen LogP contribution in [0.5, 0.6) is 11.5 Å². The molecule has 3 rings (SSSR count). The van der Waals surface area contributed by atoms with Gasteiger partial charge in [0.1, 0.15) is 12.0 Å². The maximum absolute atomic E-state index is 12.1. The Kier molecular flexibility index (Phi) is 5.84. The van der Waals surface area contributed by atoms with Gasteiger partial charge in [-0.25, -0.2) is 4.79 Å². The van der Waals surface area contributed by atoms with E-state index in [0.29, 0.717) is 17.2 Å². The van der Waals surface area contributed by atoms with Crippen molar-refractivity contribution in [1.82, 2.24) is 0 Å². The second kappa shape index (κ2) is 8.47. The molecule has 27 heavy (non-hydrogen) atoms. The van der Waals surface area contributed by atoms with Crippen LogP contribution in [0.3, 0.4) is 0 Å². The number of ether oxygens (including phenoxy) is 3. The van der Waals surface area contributed by atoms with E-state index in [1.807, 2.05) is 12.3 Å². The average molecular weight is 384 g/mol. The van der Waals surface area contributed by atoms with Crippen molar-refractivity contribution in [3.8, 4) is 16.9 Å². The Morgan fingerprint density at radius 1 is 1.30 bits per heavy atom. The van der Waals surface area contributed by atoms with E-state index >= 15 is 0 Å². The Morgan fingerprint density at radius 3 is 2.81 bits per heavy atom. The molecule has 0 radical (unpaired) electrons. The first-order chi connectivity index (χ1) is 13.1. The molecule has 0 bridgehead atoms. The molecule has 2 aromatic carbocycles. The molecular weight excluding hydrogens is 368 g/mol. The Morgan fingerprint density at radius 2 is 2.07 bits per heavy atom. The second-order valence-electron chi connectivity index (χ2n) is 5.69. The molecule has 8 heteroatoms. The fraction of sp³-hybridized carbons (Fsp3) is 0.211. The summed E-state index contributed by atoms with van der Waals surface area (Å²) in [5, 5.41) is 13.3. The minimum atomic E-state index is -0.920. The molecule has 1 amide bonds. The highest BCUT2D eigenvalue weighted by molar-refractivity contribution is 8.03. The first-order valence-corrected chi connectivity index (χ1v) is 8.90. The molecule has 2 aromatic rings. The van der Waals surface area contributed by atoms with Crippen molar-refractivity contribution in [2.24, 2.45) is 0 Å². The van der Waals surface area contributed by atoms with Crippen LogP contribution in [-0.4, -0.2) is 31.2 Å². The maximum Gasteiger partial charge on any atom is 0.351 e. The van der Waals surface area contributed by atoms with E-state index in [1.54, 1.807) is 42.5 Å². The molecule has 1 aliphatic heterocycles. The number of para-hydroxylation sites is 2. The van der Waals surface area contributed by atoms with Crippen LogP contribution in [0, 0.1) is 17.6 Å². The number of thiocyanates is 1. The largest absolute Gasteiger partial charge is 0.485 e. The van der Waals surface area contributed by atoms with Crippen LogP contribution in [0.1, 0.15) is 5.56 Å². The Labute approximate surface area is 160 Å². The van der Waals surface area contributed by atoms with Gasteiger partial charge in [0.25, 0.3) is 5.91 Å². The molecule has 0 saturated heterocycles. The maximum atomic E-state index is 12.1. The molecule has 138 valence electrons. The van der Waals surface area contributed by atoms with E-state index in [-0.39, 0.29) is 6.61 Å². The van der Waals surface area contributed by atoms with Crippen molar-refractivity contribution in [2.75, 3.05) is 18.5 Å². The summed E-state index contributed by atoms with van der Waals surface area (Å²) in [5.41, 5.74) is 1.39. The van der Waals surface area contributed by atoms with Gasteiger partial charge in [-0.1, -0.05) is 12.1 Å². The Bertz CT molecular complexity index is 909. The van der Waals surface area contributed by atoms with Gasteiger partial charge < -0.3 is 19.5 Å². The minimum absolute atomic E-state index is 0.0224. The summed E-state index contributed by atoms with van der Waals surface area (Å²) in [7, 11) is 0. The summed E-state index contributed by atoms with van der Waals surface area (Å²) in [6, 6.07) is 12.2. The van der Waals surface area contributed by atoms with Crippen LogP contribution in [-0.2, 0) is 14.3 Å². The van der Waals surface area contributed by atoms with Gasteiger partial charge in [0.15, 0.2) is 18.1 Å². The van der Waals surface area contributed by atoms with Gasteiger partial charge in [-0.2, -0.15) is 5.26 Å². The van der Waals surface area contributed by atoms with E-state index in [4.69, 9.17) is 19.5 Å². The molecule has 1 atom stereocenters. The first kappa shape index (κ1) is 18.6. The second-order valence-corrected chi connectivity index (χ2v) is 6.55.